The third kappa shape index (κ3) is 5.30. The van der Waals surface area contributed by atoms with Crippen molar-refractivity contribution in [3.05, 3.63) is 64.2 Å². The Morgan fingerprint density at radius 1 is 1.11 bits per heavy atom. The molecular weight excluding hydrogens is 409 g/mol. The molecule has 2 aromatic rings. The van der Waals surface area contributed by atoms with Crippen LogP contribution in [0.3, 0.4) is 0 Å². The van der Waals surface area contributed by atoms with Crippen LogP contribution < -0.4 is 0 Å². The second-order valence-electron chi connectivity index (χ2n) is 5.49. The smallest absolute Gasteiger partial charge is 0.416 e. The number of hydrogen-bond acceptors (Lipinski definition) is 5. The highest BCUT2D eigenvalue weighted by molar-refractivity contribution is 7.90. The lowest BCUT2D eigenvalue weighted by Gasteiger charge is -2.09. The molecule has 0 radical (unpaired) electrons. The number of sulfone groups is 1. The normalized spacial score (nSPS) is 11.9. The monoisotopic (exact) mass is 420 g/mol. The van der Waals surface area contributed by atoms with Gasteiger partial charge in [-0.1, -0.05) is 23.7 Å². The molecule has 10 heteroatoms. The molecule has 0 aromatic heterocycles. The summed E-state index contributed by atoms with van der Waals surface area (Å²) in [6.45, 7) is -0.834. The van der Waals surface area contributed by atoms with Crippen LogP contribution in [0.2, 0.25) is 5.02 Å². The molecule has 0 bridgehead atoms. The Bertz CT molecular complexity index is 1000. The van der Waals surface area contributed by atoms with Gasteiger partial charge < -0.3 is 4.74 Å². The highest BCUT2D eigenvalue weighted by Crippen LogP contribution is 2.29. The SMILES string of the molecule is CS(=O)(=O)c1ccc(Cl)c(C(=O)OCC(=O)c2cccc(C(F)(F)F)c2)c1. The van der Waals surface area contributed by atoms with Crippen LogP contribution in [0.25, 0.3) is 0 Å². The second kappa shape index (κ2) is 7.69. The Morgan fingerprint density at radius 3 is 2.37 bits per heavy atom. The third-order valence-electron chi connectivity index (χ3n) is 3.43. The maximum Gasteiger partial charge on any atom is 0.416 e. The lowest BCUT2D eigenvalue weighted by molar-refractivity contribution is -0.137. The molecule has 0 aliphatic carbocycles. The van der Waals surface area contributed by atoms with Gasteiger partial charge in [0.15, 0.2) is 22.2 Å². The van der Waals surface area contributed by atoms with Crippen LogP contribution in [-0.2, 0) is 20.8 Å². The average Bonchev–Trinajstić information content (AvgIpc) is 2.58. The standard InChI is InChI=1S/C17H12ClF3O5S/c1-27(24,25)12-5-6-14(18)13(8-12)16(23)26-9-15(22)10-3-2-4-11(7-10)17(19,20)21/h2-8H,9H2,1H3. The highest BCUT2D eigenvalue weighted by atomic mass is 35.5. The molecule has 0 spiro atoms. The molecule has 0 aliphatic heterocycles. The molecule has 2 aromatic carbocycles. The Hall–Kier alpha value is -2.39. The molecule has 0 unspecified atom stereocenters. The molecule has 0 atom stereocenters. The van der Waals surface area contributed by atoms with Crippen LogP contribution in [-0.4, -0.2) is 33.0 Å². The predicted octanol–water partition coefficient (Wildman–Crippen LogP) is 3.80. The van der Waals surface area contributed by atoms with E-state index >= 15 is 0 Å². The minimum atomic E-state index is -4.62. The molecule has 0 heterocycles. The first-order chi connectivity index (χ1) is 12.4. The van der Waals surface area contributed by atoms with Crippen molar-refractivity contribution in [2.24, 2.45) is 0 Å². The first-order valence-electron chi connectivity index (χ1n) is 7.27. The van der Waals surface area contributed by atoms with Crippen molar-refractivity contribution >= 4 is 33.2 Å². The van der Waals surface area contributed by atoms with E-state index in [0.717, 1.165) is 30.5 Å². The quantitative estimate of drug-likeness (QED) is 0.543. The number of ketones is 1. The van der Waals surface area contributed by atoms with E-state index in [0.29, 0.717) is 6.07 Å². The summed E-state index contributed by atoms with van der Waals surface area (Å²) >= 11 is 5.84. The summed E-state index contributed by atoms with van der Waals surface area (Å²) in [5.41, 5.74) is -1.58. The predicted molar refractivity (Wildman–Crippen MR) is 90.6 cm³/mol. The molecule has 5 nitrogen and oxygen atoms in total. The molecule has 0 N–H and O–H groups in total. The lowest BCUT2D eigenvalue weighted by Crippen LogP contribution is -2.16. The molecule has 0 saturated carbocycles. The van der Waals surface area contributed by atoms with E-state index in [2.05, 4.69) is 0 Å². The summed E-state index contributed by atoms with van der Waals surface area (Å²) in [6, 6.07) is 7.04. The molecule has 27 heavy (non-hydrogen) atoms. The van der Waals surface area contributed by atoms with E-state index in [-0.39, 0.29) is 21.0 Å². The summed E-state index contributed by atoms with van der Waals surface area (Å²) in [4.78, 5) is 23.9. The number of Topliss-reactive ketones (excluding diaryl/α,β-unsaturated/α-hetero) is 1. The van der Waals surface area contributed by atoms with Gasteiger partial charge in [0, 0.05) is 11.8 Å². The van der Waals surface area contributed by atoms with Crippen LogP contribution >= 0.6 is 11.6 Å². The van der Waals surface area contributed by atoms with Gasteiger partial charge in [0.2, 0.25) is 0 Å². The maximum absolute atomic E-state index is 12.7. The van der Waals surface area contributed by atoms with Gasteiger partial charge in [-0.25, -0.2) is 13.2 Å². The van der Waals surface area contributed by atoms with E-state index in [4.69, 9.17) is 16.3 Å². The van der Waals surface area contributed by atoms with Crippen LogP contribution in [0, 0.1) is 0 Å². The summed E-state index contributed by atoms with van der Waals surface area (Å²) in [7, 11) is -3.61. The number of carbonyl (C=O) groups excluding carboxylic acids is 2. The van der Waals surface area contributed by atoms with Gasteiger partial charge in [-0.05, 0) is 30.3 Å². The van der Waals surface area contributed by atoms with Crippen LogP contribution in [0.15, 0.2) is 47.4 Å². The number of ether oxygens (including phenoxy) is 1. The van der Waals surface area contributed by atoms with Crippen molar-refractivity contribution in [2.45, 2.75) is 11.1 Å². The molecule has 2 rings (SSSR count). The van der Waals surface area contributed by atoms with Crippen LogP contribution in [0.5, 0.6) is 0 Å². The van der Waals surface area contributed by atoms with E-state index < -0.39 is 39.9 Å². The summed E-state index contributed by atoms with van der Waals surface area (Å²) in [5, 5.41) is -0.0982. The van der Waals surface area contributed by atoms with Gasteiger partial charge in [0.1, 0.15) is 0 Å². The highest BCUT2D eigenvalue weighted by Gasteiger charge is 2.31. The first-order valence-corrected chi connectivity index (χ1v) is 9.54. The van der Waals surface area contributed by atoms with E-state index in [1.807, 2.05) is 0 Å². The molecule has 144 valence electrons. The number of rotatable bonds is 5. The van der Waals surface area contributed by atoms with E-state index in [1.54, 1.807) is 0 Å². The molecule has 0 fully saturated rings. The number of alkyl halides is 3. The molecule has 0 aliphatic rings. The zero-order valence-electron chi connectivity index (χ0n) is 13.7. The van der Waals surface area contributed by atoms with Gasteiger partial charge in [-0.2, -0.15) is 13.2 Å². The molecular formula is C17H12ClF3O5S. The largest absolute Gasteiger partial charge is 0.454 e. The van der Waals surface area contributed by atoms with Crippen molar-refractivity contribution in [3.8, 4) is 0 Å². The Kier molecular flexibility index (Phi) is 5.96. The Labute approximate surface area is 157 Å². The summed E-state index contributed by atoms with van der Waals surface area (Å²) in [6.07, 6.45) is -3.69. The second-order valence-corrected chi connectivity index (χ2v) is 7.91. The van der Waals surface area contributed by atoms with Crippen molar-refractivity contribution in [1.29, 1.82) is 0 Å². The summed E-state index contributed by atoms with van der Waals surface area (Å²) in [5.74, 6) is -1.93. The Morgan fingerprint density at radius 2 is 1.78 bits per heavy atom. The van der Waals surface area contributed by atoms with Gasteiger partial charge in [0.05, 0.1) is 21.0 Å². The fourth-order valence-electron chi connectivity index (χ4n) is 2.05. The number of carbonyl (C=O) groups is 2. The number of halogens is 4. The first kappa shape index (κ1) is 20.9. The van der Waals surface area contributed by atoms with Crippen molar-refractivity contribution in [3.63, 3.8) is 0 Å². The minimum Gasteiger partial charge on any atom is -0.454 e. The average molecular weight is 421 g/mol. The molecule has 0 amide bonds. The lowest BCUT2D eigenvalue weighted by atomic mass is 10.1. The third-order valence-corrected chi connectivity index (χ3v) is 4.87. The zero-order valence-corrected chi connectivity index (χ0v) is 15.3. The Balaban J connectivity index is 2.15. The van der Waals surface area contributed by atoms with Gasteiger partial charge in [-0.3, -0.25) is 4.79 Å². The number of hydrogen-bond donors (Lipinski definition) is 0. The maximum atomic E-state index is 12.7. The van der Waals surface area contributed by atoms with Crippen molar-refractivity contribution in [2.75, 3.05) is 12.9 Å². The topological polar surface area (TPSA) is 77.5 Å². The summed E-state index contributed by atoms with van der Waals surface area (Å²) < 4.78 is 65.9. The van der Waals surface area contributed by atoms with Crippen LogP contribution in [0.4, 0.5) is 13.2 Å². The number of benzene rings is 2. The fraction of sp³-hybridized carbons (Fsp3) is 0.176. The van der Waals surface area contributed by atoms with Crippen LogP contribution in [0.1, 0.15) is 26.3 Å². The van der Waals surface area contributed by atoms with Gasteiger partial charge in [0.25, 0.3) is 0 Å². The van der Waals surface area contributed by atoms with Crippen molar-refractivity contribution in [1.82, 2.24) is 0 Å². The minimum absolute atomic E-state index is 0.0982. The van der Waals surface area contributed by atoms with Gasteiger partial charge in [-0.15, -0.1) is 0 Å². The van der Waals surface area contributed by atoms with E-state index in [1.165, 1.54) is 12.1 Å². The van der Waals surface area contributed by atoms with Gasteiger partial charge >= 0.3 is 12.1 Å². The molecule has 0 saturated heterocycles. The van der Waals surface area contributed by atoms with Crippen molar-refractivity contribution < 1.29 is 35.9 Å². The fourth-order valence-corrected chi connectivity index (χ4v) is 2.89. The number of esters is 1. The van der Waals surface area contributed by atoms with E-state index in [9.17, 15) is 31.2 Å². The zero-order chi connectivity index (χ0) is 20.4.